The average molecular weight is 274 g/mol. The number of furan rings is 1. The summed E-state index contributed by atoms with van der Waals surface area (Å²) in [5.74, 6) is -0.317. The number of esters is 1. The lowest BCUT2D eigenvalue weighted by atomic mass is 10.3. The van der Waals surface area contributed by atoms with Crippen molar-refractivity contribution in [2.45, 2.75) is 19.6 Å². The number of nitrogens with zero attached hydrogens (tertiary/aromatic N) is 1. The summed E-state index contributed by atoms with van der Waals surface area (Å²) in [6, 6.07) is 6.52. The molecule has 2 aromatic rings. The van der Waals surface area contributed by atoms with E-state index in [9.17, 15) is 9.59 Å². The van der Waals surface area contributed by atoms with Crippen LogP contribution in [0, 0.1) is 0 Å². The summed E-state index contributed by atoms with van der Waals surface area (Å²) in [4.78, 5) is 27.3. The van der Waals surface area contributed by atoms with E-state index in [2.05, 4.69) is 10.3 Å². The van der Waals surface area contributed by atoms with Gasteiger partial charge in [-0.05, 0) is 31.2 Å². The maximum atomic E-state index is 11.8. The highest BCUT2D eigenvalue weighted by molar-refractivity contribution is 5.92. The zero-order valence-corrected chi connectivity index (χ0v) is 10.9. The van der Waals surface area contributed by atoms with Gasteiger partial charge < -0.3 is 14.5 Å². The molecule has 2 aromatic heterocycles. The molecule has 0 fully saturated rings. The van der Waals surface area contributed by atoms with Crippen LogP contribution in [-0.4, -0.2) is 23.0 Å². The van der Waals surface area contributed by atoms with Crippen LogP contribution >= 0.6 is 0 Å². The summed E-state index contributed by atoms with van der Waals surface area (Å²) >= 11 is 0. The van der Waals surface area contributed by atoms with Gasteiger partial charge in [-0.2, -0.15) is 0 Å². The molecule has 0 saturated carbocycles. The highest BCUT2D eigenvalue weighted by Crippen LogP contribution is 2.04. The zero-order chi connectivity index (χ0) is 14.4. The average Bonchev–Trinajstić information content (AvgIpc) is 2.98. The van der Waals surface area contributed by atoms with Crippen molar-refractivity contribution in [3.8, 4) is 0 Å². The van der Waals surface area contributed by atoms with Gasteiger partial charge in [0.15, 0.2) is 6.10 Å². The minimum absolute atomic E-state index is 0.253. The molecule has 20 heavy (non-hydrogen) atoms. The smallest absolute Gasteiger partial charge is 0.339 e. The second-order valence-electron chi connectivity index (χ2n) is 4.08. The minimum atomic E-state index is -0.884. The largest absolute Gasteiger partial charge is 0.467 e. The second-order valence-corrected chi connectivity index (χ2v) is 4.08. The lowest BCUT2D eigenvalue weighted by Gasteiger charge is -2.12. The Morgan fingerprint density at radius 1 is 1.35 bits per heavy atom. The molecule has 0 aromatic carbocycles. The predicted molar refractivity (Wildman–Crippen MR) is 69.7 cm³/mol. The van der Waals surface area contributed by atoms with Gasteiger partial charge in [0.05, 0.1) is 18.4 Å². The quantitative estimate of drug-likeness (QED) is 0.836. The highest BCUT2D eigenvalue weighted by Gasteiger charge is 2.18. The van der Waals surface area contributed by atoms with Gasteiger partial charge in [-0.3, -0.25) is 9.78 Å². The number of rotatable bonds is 5. The van der Waals surface area contributed by atoms with Gasteiger partial charge in [-0.25, -0.2) is 4.79 Å². The molecule has 0 saturated heterocycles. The topological polar surface area (TPSA) is 81.4 Å². The number of carbonyl (C=O) groups is 2. The van der Waals surface area contributed by atoms with Crippen molar-refractivity contribution in [2.75, 3.05) is 0 Å². The van der Waals surface area contributed by atoms with Gasteiger partial charge >= 0.3 is 5.97 Å². The summed E-state index contributed by atoms with van der Waals surface area (Å²) in [5.41, 5.74) is 0.352. The normalized spacial score (nSPS) is 11.7. The standard InChI is InChI=1S/C14H14N2O4/c1-10(13(17)16-9-12-3-2-8-19-12)20-14(18)11-4-6-15-7-5-11/h2-8,10H,9H2,1H3,(H,16,17)/t10-/m0/s1. The van der Waals surface area contributed by atoms with Crippen LogP contribution in [0.1, 0.15) is 23.0 Å². The highest BCUT2D eigenvalue weighted by atomic mass is 16.5. The molecule has 2 heterocycles. The van der Waals surface area contributed by atoms with E-state index in [0.717, 1.165) is 0 Å². The van der Waals surface area contributed by atoms with Crippen LogP contribution in [-0.2, 0) is 16.1 Å². The van der Waals surface area contributed by atoms with E-state index >= 15 is 0 Å². The SMILES string of the molecule is C[C@H](OC(=O)c1ccncc1)C(=O)NCc1ccco1. The van der Waals surface area contributed by atoms with E-state index in [1.807, 2.05) is 0 Å². The van der Waals surface area contributed by atoms with Crippen LogP contribution < -0.4 is 5.32 Å². The van der Waals surface area contributed by atoms with E-state index in [0.29, 0.717) is 11.3 Å². The third-order valence-electron chi connectivity index (χ3n) is 2.59. The minimum Gasteiger partial charge on any atom is -0.467 e. The maximum Gasteiger partial charge on any atom is 0.339 e. The fraction of sp³-hybridized carbons (Fsp3) is 0.214. The van der Waals surface area contributed by atoms with E-state index in [4.69, 9.17) is 9.15 Å². The van der Waals surface area contributed by atoms with Crippen LogP contribution in [0.25, 0.3) is 0 Å². The first-order valence-electron chi connectivity index (χ1n) is 6.08. The van der Waals surface area contributed by atoms with Crippen LogP contribution in [0.3, 0.4) is 0 Å². The van der Waals surface area contributed by atoms with E-state index in [1.54, 1.807) is 12.1 Å². The number of aromatic nitrogens is 1. The molecule has 0 unspecified atom stereocenters. The van der Waals surface area contributed by atoms with Crippen LogP contribution in [0.4, 0.5) is 0 Å². The van der Waals surface area contributed by atoms with Crippen molar-refractivity contribution in [3.63, 3.8) is 0 Å². The molecule has 1 N–H and O–H groups in total. The lowest BCUT2D eigenvalue weighted by Crippen LogP contribution is -2.35. The fourth-order valence-electron chi connectivity index (χ4n) is 1.50. The zero-order valence-electron chi connectivity index (χ0n) is 10.9. The first-order valence-corrected chi connectivity index (χ1v) is 6.08. The van der Waals surface area contributed by atoms with E-state index in [-0.39, 0.29) is 12.5 Å². The summed E-state index contributed by atoms with van der Waals surface area (Å²) < 4.78 is 10.1. The Balaban J connectivity index is 1.83. The predicted octanol–water partition coefficient (Wildman–Crippen LogP) is 1.54. The summed E-state index contributed by atoms with van der Waals surface area (Å²) in [6.45, 7) is 1.76. The molecule has 0 aliphatic carbocycles. The van der Waals surface area contributed by atoms with Gasteiger partial charge in [-0.15, -0.1) is 0 Å². The van der Waals surface area contributed by atoms with Gasteiger partial charge in [0.2, 0.25) is 0 Å². The molecule has 6 heteroatoms. The fourth-order valence-corrected chi connectivity index (χ4v) is 1.50. The van der Waals surface area contributed by atoms with Crippen molar-refractivity contribution < 1.29 is 18.7 Å². The van der Waals surface area contributed by atoms with E-state index < -0.39 is 12.1 Å². The van der Waals surface area contributed by atoms with Crippen LogP contribution in [0.15, 0.2) is 47.3 Å². The molecular formula is C14H14N2O4. The number of ether oxygens (including phenoxy) is 1. The van der Waals surface area contributed by atoms with Gasteiger partial charge in [0, 0.05) is 12.4 Å². The number of pyridine rings is 1. The summed E-state index contributed by atoms with van der Waals surface area (Å²) in [5, 5.41) is 2.62. The molecule has 1 atom stereocenters. The number of hydrogen-bond donors (Lipinski definition) is 1. The Morgan fingerprint density at radius 3 is 2.75 bits per heavy atom. The van der Waals surface area contributed by atoms with Crippen molar-refractivity contribution in [1.29, 1.82) is 0 Å². The first-order chi connectivity index (χ1) is 9.66. The van der Waals surface area contributed by atoms with Crippen LogP contribution in [0.5, 0.6) is 0 Å². The number of hydrogen-bond acceptors (Lipinski definition) is 5. The molecule has 2 rings (SSSR count). The molecule has 0 spiro atoms. The Bertz CT molecular complexity index is 566. The van der Waals surface area contributed by atoms with Gasteiger partial charge in [0.1, 0.15) is 5.76 Å². The van der Waals surface area contributed by atoms with Crippen LogP contribution in [0.2, 0.25) is 0 Å². The summed E-state index contributed by atoms with van der Waals surface area (Å²) in [6.07, 6.45) is 3.61. The molecule has 0 bridgehead atoms. The van der Waals surface area contributed by atoms with E-state index in [1.165, 1.54) is 37.7 Å². The molecular weight excluding hydrogens is 260 g/mol. The Kier molecular flexibility index (Phi) is 4.49. The third kappa shape index (κ3) is 3.68. The molecule has 0 aliphatic heterocycles. The molecule has 1 amide bonds. The Morgan fingerprint density at radius 2 is 2.10 bits per heavy atom. The second kappa shape index (κ2) is 6.51. The molecule has 104 valence electrons. The van der Waals surface area contributed by atoms with Crippen molar-refractivity contribution >= 4 is 11.9 Å². The summed E-state index contributed by atoms with van der Waals surface area (Å²) in [7, 11) is 0. The first kappa shape index (κ1) is 13.8. The number of nitrogens with one attached hydrogen (secondary N) is 1. The lowest BCUT2D eigenvalue weighted by molar-refractivity contribution is -0.129. The third-order valence-corrected chi connectivity index (χ3v) is 2.59. The molecule has 6 nitrogen and oxygen atoms in total. The molecule has 0 radical (unpaired) electrons. The van der Waals surface area contributed by atoms with Crippen molar-refractivity contribution in [2.24, 2.45) is 0 Å². The maximum absolute atomic E-state index is 11.8. The Labute approximate surface area is 115 Å². The molecule has 0 aliphatic rings. The van der Waals surface area contributed by atoms with Gasteiger partial charge in [0.25, 0.3) is 5.91 Å². The van der Waals surface area contributed by atoms with Gasteiger partial charge in [-0.1, -0.05) is 0 Å². The number of amides is 1. The Hall–Kier alpha value is -2.63. The van der Waals surface area contributed by atoms with Crippen molar-refractivity contribution in [3.05, 3.63) is 54.2 Å². The monoisotopic (exact) mass is 274 g/mol. The van der Waals surface area contributed by atoms with Crippen molar-refractivity contribution in [1.82, 2.24) is 10.3 Å². The number of carbonyl (C=O) groups excluding carboxylic acids is 2.